The molecule has 1 N–H and O–H groups in total. The zero-order valence-electron chi connectivity index (χ0n) is 12.5. The number of carbonyl (C=O) groups is 1. The minimum absolute atomic E-state index is 0.192. The SMILES string of the molecule is CCn1cncc1CNC(=O)c1cc2cc(F)ccc2n1C. The summed E-state index contributed by atoms with van der Waals surface area (Å²) in [5.74, 6) is -0.500. The third-order valence-electron chi connectivity index (χ3n) is 3.81. The van der Waals surface area contributed by atoms with Gasteiger partial charge in [-0.15, -0.1) is 0 Å². The maximum absolute atomic E-state index is 13.3. The molecule has 1 aromatic carbocycles. The number of imidazole rings is 1. The fourth-order valence-electron chi connectivity index (χ4n) is 2.58. The first-order valence-electron chi connectivity index (χ1n) is 7.12. The molecule has 0 bridgehead atoms. The summed E-state index contributed by atoms with van der Waals surface area (Å²) in [5.41, 5.74) is 2.27. The summed E-state index contributed by atoms with van der Waals surface area (Å²) < 4.78 is 17.0. The number of carbonyl (C=O) groups excluding carboxylic acids is 1. The number of halogens is 1. The summed E-state index contributed by atoms with van der Waals surface area (Å²) in [6, 6.07) is 6.19. The second-order valence-electron chi connectivity index (χ2n) is 5.15. The lowest BCUT2D eigenvalue weighted by molar-refractivity contribution is 0.0942. The van der Waals surface area contributed by atoms with Gasteiger partial charge in [0.05, 0.1) is 18.6 Å². The molecule has 0 saturated heterocycles. The van der Waals surface area contributed by atoms with Gasteiger partial charge in [0.1, 0.15) is 11.5 Å². The molecule has 2 aromatic heterocycles. The number of nitrogens with zero attached hydrogens (tertiary/aromatic N) is 3. The van der Waals surface area contributed by atoms with Gasteiger partial charge in [0.25, 0.3) is 5.91 Å². The van der Waals surface area contributed by atoms with Gasteiger partial charge in [-0.3, -0.25) is 4.79 Å². The number of aryl methyl sites for hydroxylation is 2. The average molecular weight is 300 g/mol. The van der Waals surface area contributed by atoms with E-state index in [1.165, 1.54) is 12.1 Å². The third kappa shape index (κ3) is 2.47. The van der Waals surface area contributed by atoms with E-state index in [1.807, 2.05) is 11.5 Å². The number of hydrogen-bond acceptors (Lipinski definition) is 2. The Morgan fingerprint density at radius 1 is 1.36 bits per heavy atom. The van der Waals surface area contributed by atoms with Crippen LogP contribution in [0, 0.1) is 5.82 Å². The smallest absolute Gasteiger partial charge is 0.268 e. The molecule has 114 valence electrons. The number of fused-ring (bicyclic) bond motifs is 1. The zero-order valence-corrected chi connectivity index (χ0v) is 12.5. The van der Waals surface area contributed by atoms with Gasteiger partial charge in [-0.2, -0.15) is 0 Å². The molecule has 0 atom stereocenters. The van der Waals surface area contributed by atoms with Gasteiger partial charge >= 0.3 is 0 Å². The Morgan fingerprint density at radius 3 is 2.95 bits per heavy atom. The highest BCUT2D eigenvalue weighted by Crippen LogP contribution is 2.19. The second kappa shape index (κ2) is 5.63. The van der Waals surface area contributed by atoms with Crippen molar-refractivity contribution in [1.29, 1.82) is 0 Å². The molecule has 0 saturated carbocycles. The topological polar surface area (TPSA) is 51.9 Å². The maximum Gasteiger partial charge on any atom is 0.268 e. The van der Waals surface area contributed by atoms with Crippen LogP contribution >= 0.6 is 0 Å². The molecule has 2 heterocycles. The lowest BCUT2D eigenvalue weighted by Crippen LogP contribution is -2.25. The Balaban J connectivity index is 1.82. The van der Waals surface area contributed by atoms with E-state index in [0.717, 1.165) is 17.8 Å². The van der Waals surface area contributed by atoms with Crippen molar-refractivity contribution in [2.45, 2.75) is 20.0 Å². The van der Waals surface area contributed by atoms with Crippen LogP contribution in [-0.2, 0) is 20.1 Å². The van der Waals surface area contributed by atoms with Crippen LogP contribution in [0.3, 0.4) is 0 Å². The van der Waals surface area contributed by atoms with Crippen LogP contribution in [-0.4, -0.2) is 20.0 Å². The minimum atomic E-state index is -0.308. The van der Waals surface area contributed by atoms with Gasteiger partial charge in [0.2, 0.25) is 0 Å². The Labute approximate surface area is 127 Å². The van der Waals surface area contributed by atoms with Crippen LogP contribution in [0.5, 0.6) is 0 Å². The number of amides is 1. The van der Waals surface area contributed by atoms with Crippen molar-refractivity contribution in [2.24, 2.45) is 7.05 Å². The van der Waals surface area contributed by atoms with Crippen LogP contribution in [0.2, 0.25) is 0 Å². The van der Waals surface area contributed by atoms with Crippen molar-refractivity contribution in [2.75, 3.05) is 0 Å². The Hall–Kier alpha value is -2.63. The molecule has 0 aliphatic carbocycles. The molecular weight excluding hydrogens is 283 g/mol. The van der Waals surface area contributed by atoms with Crippen LogP contribution in [0.15, 0.2) is 36.8 Å². The molecule has 0 spiro atoms. The summed E-state index contributed by atoms with van der Waals surface area (Å²) in [7, 11) is 1.80. The molecule has 6 heteroatoms. The van der Waals surface area contributed by atoms with Gasteiger partial charge in [-0.25, -0.2) is 9.37 Å². The van der Waals surface area contributed by atoms with E-state index in [0.29, 0.717) is 17.6 Å². The summed E-state index contributed by atoms with van der Waals surface area (Å²) in [4.78, 5) is 16.4. The summed E-state index contributed by atoms with van der Waals surface area (Å²) in [5, 5.41) is 3.59. The number of aromatic nitrogens is 3. The van der Waals surface area contributed by atoms with Gasteiger partial charge in [0, 0.05) is 30.7 Å². The average Bonchev–Trinajstić information content (AvgIpc) is 3.09. The molecule has 1 amide bonds. The van der Waals surface area contributed by atoms with Gasteiger partial charge < -0.3 is 14.5 Å². The Bertz CT molecular complexity index is 834. The molecule has 0 radical (unpaired) electrons. The van der Waals surface area contributed by atoms with Crippen molar-refractivity contribution >= 4 is 16.8 Å². The predicted octanol–water partition coefficient (Wildman–Crippen LogP) is 2.46. The van der Waals surface area contributed by atoms with Crippen LogP contribution in [0.1, 0.15) is 23.1 Å². The van der Waals surface area contributed by atoms with Crippen molar-refractivity contribution in [3.63, 3.8) is 0 Å². The van der Waals surface area contributed by atoms with Crippen molar-refractivity contribution in [3.8, 4) is 0 Å². The number of hydrogen-bond donors (Lipinski definition) is 1. The highest BCUT2D eigenvalue weighted by molar-refractivity contribution is 5.98. The van der Waals surface area contributed by atoms with E-state index in [-0.39, 0.29) is 11.7 Å². The summed E-state index contributed by atoms with van der Waals surface area (Å²) in [6.07, 6.45) is 3.47. The van der Waals surface area contributed by atoms with Crippen molar-refractivity contribution < 1.29 is 9.18 Å². The highest BCUT2D eigenvalue weighted by Gasteiger charge is 2.14. The van der Waals surface area contributed by atoms with E-state index in [4.69, 9.17) is 0 Å². The molecule has 0 unspecified atom stereocenters. The van der Waals surface area contributed by atoms with Crippen LogP contribution in [0.25, 0.3) is 10.9 Å². The van der Waals surface area contributed by atoms with E-state index >= 15 is 0 Å². The molecule has 5 nitrogen and oxygen atoms in total. The molecular formula is C16H17FN4O. The normalized spacial score (nSPS) is 11.0. The zero-order chi connectivity index (χ0) is 15.7. The maximum atomic E-state index is 13.3. The first-order chi connectivity index (χ1) is 10.6. The first kappa shape index (κ1) is 14.3. The van der Waals surface area contributed by atoms with Crippen LogP contribution in [0.4, 0.5) is 4.39 Å². The monoisotopic (exact) mass is 300 g/mol. The lowest BCUT2D eigenvalue weighted by atomic mass is 10.2. The van der Waals surface area contributed by atoms with E-state index in [9.17, 15) is 9.18 Å². The fraction of sp³-hybridized carbons (Fsp3) is 0.250. The van der Waals surface area contributed by atoms with Gasteiger partial charge in [0.15, 0.2) is 0 Å². The fourth-order valence-corrected chi connectivity index (χ4v) is 2.58. The van der Waals surface area contributed by atoms with Crippen molar-refractivity contribution in [3.05, 3.63) is 54.0 Å². The van der Waals surface area contributed by atoms with E-state index < -0.39 is 0 Å². The Morgan fingerprint density at radius 2 is 2.18 bits per heavy atom. The number of benzene rings is 1. The molecule has 0 aliphatic rings. The van der Waals surface area contributed by atoms with Crippen molar-refractivity contribution in [1.82, 2.24) is 19.4 Å². The quantitative estimate of drug-likeness (QED) is 0.804. The summed E-state index contributed by atoms with van der Waals surface area (Å²) >= 11 is 0. The van der Waals surface area contributed by atoms with E-state index in [2.05, 4.69) is 10.3 Å². The molecule has 3 rings (SSSR count). The summed E-state index contributed by atoms with van der Waals surface area (Å²) in [6.45, 7) is 3.23. The molecule has 0 aliphatic heterocycles. The largest absolute Gasteiger partial charge is 0.345 e. The highest BCUT2D eigenvalue weighted by atomic mass is 19.1. The Kier molecular flexibility index (Phi) is 3.66. The number of rotatable bonds is 4. The third-order valence-corrected chi connectivity index (χ3v) is 3.81. The molecule has 3 aromatic rings. The molecule has 22 heavy (non-hydrogen) atoms. The standard InChI is InChI=1S/C16H17FN4O/c1-3-21-10-18-8-13(21)9-19-16(22)15-7-11-6-12(17)4-5-14(11)20(15)2/h4-8,10H,3,9H2,1-2H3,(H,19,22). The molecule has 0 fully saturated rings. The minimum Gasteiger partial charge on any atom is -0.345 e. The van der Waals surface area contributed by atoms with Crippen LogP contribution < -0.4 is 5.32 Å². The van der Waals surface area contributed by atoms with Gasteiger partial charge in [-0.05, 0) is 31.2 Å². The second-order valence-corrected chi connectivity index (χ2v) is 5.15. The number of nitrogens with one attached hydrogen (secondary N) is 1. The lowest BCUT2D eigenvalue weighted by Gasteiger charge is -2.08. The van der Waals surface area contributed by atoms with E-state index in [1.54, 1.807) is 36.3 Å². The van der Waals surface area contributed by atoms with Gasteiger partial charge in [-0.1, -0.05) is 0 Å². The first-order valence-corrected chi connectivity index (χ1v) is 7.12. The predicted molar refractivity (Wildman–Crippen MR) is 81.9 cm³/mol.